The molecule has 5 heteroatoms. The van der Waals surface area contributed by atoms with E-state index in [1.54, 1.807) is 19.2 Å². The van der Waals surface area contributed by atoms with E-state index in [-0.39, 0.29) is 24.2 Å². The Morgan fingerprint density at radius 1 is 1.28 bits per heavy atom. The Labute approximate surface area is 147 Å². The van der Waals surface area contributed by atoms with E-state index < -0.39 is 5.60 Å². The monoisotopic (exact) mass is 343 g/mol. The van der Waals surface area contributed by atoms with Crippen LogP contribution < -0.4 is 14.8 Å². The molecule has 1 aliphatic rings. The minimum Gasteiger partial charge on any atom is -0.497 e. The number of ether oxygens (including phenoxy) is 2. The molecule has 132 valence electrons. The first-order valence-electron chi connectivity index (χ1n) is 8.27. The molecule has 1 heterocycles. The van der Waals surface area contributed by atoms with E-state index in [0.717, 1.165) is 16.9 Å². The van der Waals surface area contributed by atoms with Gasteiger partial charge in [-0.05, 0) is 43.7 Å². The van der Waals surface area contributed by atoms with Gasteiger partial charge in [-0.15, -0.1) is 0 Å². The van der Waals surface area contributed by atoms with Crippen LogP contribution in [0.2, 0.25) is 0 Å². The molecule has 2 aromatic rings. The second-order valence-corrected chi connectivity index (χ2v) is 6.89. The van der Waals surface area contributed by atoms with Gasteiger partial charge in [0.05, 0.1) is 19.6 Å². The first-order chi connectivity index (χ1) is 11.9. The Bertz CT molecular complexity index is 771. The summed E-state index contributed by atoms with van der Waals surface area (Å²) in [6.45, 7) is 3.99. The molecular formula is C20H22FNO3. The standard InChI is InChI=1S/C20H22FNO3/c1-20(2)12-17(16-9-8-15(24-3)11-18(16)25-20)22-19(23)10-13-4-6-14(21)7-5-13/h4-9,11,17H,10,12H2,1-3H3,(H,22,23). The van der Waals surface area contributed by atoms with Gasteiger partial charge in [0.2, 0.25) is 5.91 Å². The van der Waals surface area contributed by atoms with E-state index in [1.165, 1.54) is 12.1 Å². The molecule has 0 radical (unpaired) electrons. The van der Waals surface area contributed by atoms with Crippen molar-refractivity contribution < 1.29 is 18.7 Å². The van der Waals surface area contributed by atoms with Crippen LogP contribution in [0, 0.1) is 5.82 Å². The van der Waals surface area contributed by atoms with Crippen molar-refractivity contribution in [3.8, 4) is 11.5 Å². The Morgan fingerprint density at radius 3 is 2.68 bits per heavy atom. The Morgan fingerprint density at radius 2 is 2.00 bits per heavy atom. The van der Waals surface area contributed by atoms with Crippen LogP contribution in [-0.2, 0) is 11.2 Å². The van der Waals surface area contributed by atoms with Gasteiger partial charge in [-0.25, -0.2) is 4.39 Å². The molecule has 1 atom stereocenters. The number of nitrogens with one attached hydrogen (secondary N) is 1. The van der Waals surface area contributed by atoms with E-state index in [0.29, 0.717) is 12.2 Å². The number of hydrogen-bond acceptors (Lipinski definition) is 3. The summed E-state index contributed by atoms with van der Waals surface area (Å²) in [4.78, 5) is 12.4. The molecule has 0 spiro atoms. The summed E-state index contributed by atoms with van der Waals surface area (Å²) >= 11 is 0. The molecule has 2 aromatic carbocycles. The van der Waals surface area contributed by atoms with Gasteiger partial charge in [0.25, 0.3) is 0 Å². The van der Waals surface area contributed by atoms with Crippen molar-refractivity contribution in [3.63, 3.8) is 0 Å². The van der Waals surface area contributed by atoms with Gasteiger partial charge in [0, 0.05) is 18.1 Å². The Kier molecular flexibility index (Phi) is 4.66. The number of benzene rings is 2. The molecule has 0 aromatic heterocycles. The van der Waals surface area contributed by atoms with Crippen molar-refractivity contribution in [2.24, 2.45) is 0 Å². The van der Waals surface area contributed by atoms with Gasteiger partial charge >= 0.3 is 0 Å². The summed E-state index contributed by atoms with van der Waals surface area (Å²) in [5.74, 6) is 1.03. The van der Waals surface area contributed by atoms with E-state index in [1.807, 2.05) is 32.0 Å². The summed E-state index contributed by atoms with van der Waals surface area (Å²) in [5.41, 5.74) is 1.32. The van der Waals surface area contributed by atoms with Crippen molar-refractivity contribution in [2.45, 2.75) is 38.3 Å². The van der Waals surface area contributed by atoms with E-state index >= 15 is 0 Å². The van der Waals surface area contributed by atoms with Gasteiger partial charge in [-0.3, -0.25) is 4.79 Å². The average molecular weight is 343 g/mol. The first kappa shape index (κ1) is 17.3. The predicted molar refractivity (Wildman–Crippen MR) is 93.3 cm³/mol. The van der Waals surface area contributed by atoms with Gasteiger partial charge in [0.1, 0.15) is 22.9 Å². The lowest BCUT2D eigenvalue weighted by molar-refractivity contribution is -0.121. The third-order valence-corrected chi connectivity index (χ3v) is 4.29. The van der Waals surface area contributed by atoms with Gasteiger partial charge in [-0.2, -0.15) is 0 Å². The smallest absolute Gasteiger partial charge is 0.224 e. The van der Waals surface area contributed by atoms with Crippen LogP contribution in [0.3, 0.4) is 0 Å². The second-order valence-electron chi connectivity index (χ2n) is 6.89. The topological polar surface area (TPSA) is 47.6 Å². The van der Waals surface area contributed by atoms with Gasteiger partial charge < -0.3 is 14.8 Å². The minimum absolute atomic E-state index is 0.101. The number of carbonyl (C=O) groups is 1. The highest BCUT2D eigenvalue weighted by Gasteiger charge is 2.34. The zero-order valence-electron chi connectivity index (χ0n) is 14.6. The molecule has 0 bridgehead atoms. The third kappa shape index (κ3) is 4.10. The van der Waals surface area contributed by atoms with Crippen molar-refractivity contribution in [2.75, 3.05) is 7.11 Å². The minimum atomic E-state index is -0.396. The van der Waals surface area contributed by atoms with Gasteiger partial charge in [0.15, 0.2) is 0 Å². The molecular weight excluding hydrogens is 321 g/mol. The normalized spacial score (nSPS) is 18.0. The predicted octanol–water partition coefficient (Wildman–Crippen LogP) is 3.80. The molecule has 1 N–H and O–H groups in total. The van der Waals surface area contributed by atoms with Crippen LogP contribution in [0.25, 0.3) is 0 Å². The molecule has 0 aliphatic carbocycles. The molecule has 1 aliphatic heterocycles. The maximum atomic E-state index is 13.0. The molecule has 3 rings (SSSR count). The fraction of sp³-hybridized carbons (Fsp3) is 0.350. The molecule has 1 amide bonds. The zero-order chi connectivity index (χ0) is 18.0. The lowest BCUT2D eigenvalue weighted by atomic mass is 9.89. The number of methoxy groups -OCH3 is 1. The number of halogens is 1. The van der Waals surface area contributed by atoms with Crippen molar-refractivity contribution in [1.29, 1.82) is 0 Å². The van der Waals surface area contributed by atoms with Crippen LogP contribution in [0.15, 0.2) is 42.5 Å². The molecule has 25 heavy (non-hydrogen) atoms. The maximum absolute atomic E-state index is 13.0. The fourth-order valence-corrected chi connectivity index (χ4v) is 3.12. The summed E-state index contributed by atoms with van der Waals surface area (Å²) in [6.07, 6.45) is 0.880. The first-order valence-corrected chi connectivity index (χ1v) is 8.27. The highest BCUT2D eigenvalue weighted by Crippen LogP contribution is 2.41. The maximum Gasteiger partial charge on any atom is 0.224 e. The van der Waals surface area contributed by atoms with Crippen molar-refractivity contribution in [1.82, 2.24) is 5.32 Å². The molecule has 0 saturated carbocycles. The van der Waals surface area contributed by atoms with E-state index in [4.69, 9.17) is 9.47 Å². The summed E-state index contributed by atoms with van der Waals surface area (Å²) in [6, 6.07) is 11.5. The van der Waals surface area contributed by atoms with Gasteiger partial charge in [-0.1, -0.05) is 12.1 Å². The molecule has 4 nitrogen and oxygen atoms in total. The number of fused-ring (bicyclic) bond motifs is 1. The highest BCUT2D eigenvalue weighted by atomic mass is 19.1. The van der Waals surface area contributed by atoms with Crippen LogP contribution >= 0.6 is 0 Å². The highest BCUT2D eigenvalue weighted by molar-refractivity contribution is 5.79. The second kappa shape index (κ2) is 6.75. The third-order valence-electron chi connectivity index (χ3n) is 4.29. The number of carbonyl (C=O) groups excluding carboxylic acids is 1. The lowest BCUT2D eigenvalue weighted by Gasteiger charge is -2.38. The Hall–Kier alpha value is -2.56. The quantitative estimate of drug-likeness (QED) is 0.919. The number of rotatable bonds is 4. The average Bonchev–Trinajstić information content (AvgIpc) is 2.55. The molecule has 0 saturated heterocycles. The SMILES string of the molecule is COc1ccc2c(c1)OC(C)(C)CC2NC(=O)Cc1ccc(F)cc1. The van der Waals surface area contributed by atoms with E-state index in [9.17, 15) is 9.18 Å². The lowest BCUT2D eigenvalue weighted by Crippen LogP contribution is -2.41. The largest absolute Gasteiger partial charge is 0.497 e. The number of hydrogen-bond donors (Lipinski definition) is 1. The van der Waals surface area contributed by atoms with Crippen LogP contribution in [0.4, 0.5) is 4.39 Å². The van der Waals surface area contributed by atoms with E-state index in [2.05, 4.69) is 5.32 Å². The molecule has 1 unspecified atom stereocenters. The Balaban J connectivity index is 1.77. The summed E-state index contributed by atoms with van der Waals surface area (Å²) in [7, 11) is 1.61. The fourth-order valence-electron chi connectivity index (χ4n) is 3.12. The molecule has 0 fully saturated rings. The van der Waals surface area contributed by atoms with Crippen molar-refractivity contribution >= 4 is 5.91 Å². The number of amides is 1. The zero-order valence-corrected chi connectivity index (χ0v) is 14.6. The summed E-state index contributed by atoms with van der Waals surface area (Å²) in [5, 5.41) is 3.08. The summed E-state index contributed by atoms with van der Waals surface area (Å²) < 4.78 is 24.3. The van der Waals surface area contributed by atoms with Crippen molar-refractivity contribution in [3.05, 3.63) is 59.4 Å². The van der Waals surface area contributed by atoms with Crippen LogP contribution in [0.1, 0.15) is 37.4 Å². The van der Waals surface area contributed by atoms with Crippen LogP contribution in [0.5, 0.6) is 11.5 Å². The van der Waals surface area contributed by atoms with Crippen LogP contribution in [-0.4, -0.2) is 18.6 Å².